The maximum Gasteiger partial charge on any atom is 0.355 e. The van der Waals surface area contributed by atoms with Crippen molar-refractivity contribution in [2.45, 2.75) is 30.8 Å². The Balaban J connectivity index is 1.90. The van der Waals surface area contributed by atoms with Gasteiger partial charge < -0.3 is 19.8 Å². The summed E-state index contributed by atoms with van der Waals surface area (Å²) in [5.41, 5.74) is -2.14. The topological polar surface area (TPSA) is 130 Å². The molecule has 1 N–H and O–H groups in total. The van der Waals surface area contributed by atoms with Crippen LogP contribution in [0.15, 0.2) is 64.8 Å². The Morgan fingerprint density at radius 2 is 1.89 bits per heavy atom. The fraction of sp³-hybridized carbons (Fsp3) is 0.258. The minimum Gasteiger partial charge on any atom is -0.507 e. The number of hydrogen-bond donors (Lipinski definition) is 1. The van der Waals surface area contributed by atoms with Crippen molar-refractivity contribution >= 4 is 32.6 Å². The molecular weight excluding hydrogens is 606 g/mol. The van der Waals surface area contributed by atoms with E-state index in [9.17, 15) is 27.5 Å². The van der Waals surface area contributed by atoms with E-state index in [4.69, 9.17) is 6.57 Å². The van der Waals surface area contributed by atoms with Crippen LogP contribution in [0, 0.1) is 25.1 Å². The molecule has 1 fully saturated rings. The van der Waals surface area contributed by atoms with Crippen molar-refractivity contribution in [3.05, 3.63) is 94.2 Å². The Bertz CT molecular complexity index is 2070. The molecule has 5 rings (SSSR count). The van der Waals surface area contributed by atoms with Gasteiger partial charge in [0.25, 0.3) is 0 Å². The molecule has 0 unspecified atom stereocenters. The van der Waals surface area contributed by atoms with Gasteiger partial charge in [-0.3, -0.25) is 4.79 Å². The molecule has 0 spiro atoms. The average molecular weight is 635 g/mol. The molecule has 3 heterocycles. The zero-order valence-corrected chi connectivity index (χ0v) is 25.3. The van der Waals surface area contributed by atoms with Crippen molar-refractivity contribution in [3.8, 4) is 22.7 Å². The van der Waals surface area contributed by atoms with Crippen LogP contribution in [0.4, 0.5) is 14.6 Å². The van der Waals surface area contributed by atoms with Crippen molar-refractivity contribution < 1.29 is 27.1 Å². The third-order valence-corrected chi connectivity index (χ3v) is 8.80. The number of amides is 1. The average Bonchev–Trinajstić information content (AvgIpc) is 2.97. The summed E-state index contributed by atoms with van der Waals surface area (Å²) in [6.45, 7) is 14.5. The number of halogens is 2. The van der Waals surface area contributed by atoms with Crippen LogP contribution >= 0.6 is 0 Å². The maximum atomic E-state index is 16.0. The van der Waals surface area contributed by atoms with Gasteiger partial charge in [0.1, 0.15) is 29.1 Å². The first-order chi connectivity index (χ1) is 21.3. The van der Waals surface area contributed by atoms with Crippen LogP contribution in [-0.4, -0.2) is 76.8 Å². The van der Waals surface area contributed by atoms with Gasteiger partial charge in [-0.05, 0) is 49.8 Å². The van der Waals surface area contributed by atoms with Crippen LogP contribution in [0.25, 0.3) is 32.8 Å². The van der Waals surface area contributed by atoms with Crippen molar-refractivity contribution in [2.75, 3.05) is 30.8 Å². The van der Waals surface area contributed by atoms with Crippen LogP contribution in [0.3, 0.4) is 0 Å². The highest BCUT2D eigenvalue weighted by molar-refractivity contribution is 7.90. The van der Waals surface area contributed by atoms with Crippen LogP contribution in [0.5, 0.6) is 5.75 Å². The van der Waals surface area contributed by atoms with E-state index in [1.807, 2.05) is 0 Å². The van der Waals surface area contributed by atoms with Gasteiger partial charge >= 0.3 is 5.69 Å². The van der Waals surface area contributed by atoms with Crippen molar-refractivity contribution in [1.82, 2.24) is 19.4 Å². The molecule has 2 aromatic carbocycles. The summed E-state index contributed by atoms with van der Waals surface area (Å²) in [6.07, 6.45) is 2.13. The monoisotopic (exact) mass is 634 g/mol. The first-order valence-corrected chi connectivity index (χ1v) is 15.6. The van der Waals surface area contributed by atoms with E-state index < -0.39 is 56.3 Å². The second kappa shape index (κ2) is 11.7. The number of fused-ring (bicyclic) bond motifs is 1. The lowest BCUT2D eigenvalue weighted by Gasteiger charge is -2.44. The molecule has 0 radical (unpaired) electrons. The number of aryl methyl sites for hydroxylation is 1. The van der Waals surface area contributed by atoms with E-state index in [2.05, 4.69) is 21.4 Å². The highest BCUT2D eigenvalue weighted by Crippen LogP contribution is 2.37. The summed E-state index contributed by atoms with van der Waals surface area (Å²) < 4.78 is 57.6. The fourth-order valence-electron chi connectivity index (χ4n) is 5.77. The summed E-state index contributed by atoms with van der Waals surface area (Å²) in [6, 6.07) is 7.56. The highest BCUT2D eigenvalue weighted by atomic mass is 32.2. The normalized spacial score (nSPS) is 16.9. The zero-order valence-electron chi connectivity index (χ0n) is 24.5. The summed E-state index contributed by atoms with van der Waals surface area (Å²) >= 11 is 0. The molecule has 1 aliphatic heterocycles. The Morgan fingerprint density at radius 3 is 2.53 bits per heavy atom. The molecule has 4 aromatic rings. The van der Waals surface area contributed by atoms with E-state index in [-0.39, 0.29) is 53.0 Å². The molecule has 232 valence electrons. The number of benzene rings is 2. The summed E-state index contributed by atoms with van der Waals surface area (Å²) in [5, 5.41) is 10.4. The highest BCUT2D eigenvalue weighted by Gasteiger charge is 2.38. The van der Waals surface area contributed by atoms with Crippen molar-refractivity contribution in [3.63, 3.8) is 0 Å². The largest absolute Gasteiger partial charge is 0.507 e. The Hall–Kier alpha value is -5.16. The number of rotatable bonds is 6. The van der Waals surface area contributed by atoms with Gasteiger partial charge in [0, 0.05) is 25.4 Å². The Morgan fingerprint density at radius 1 is 1.18 bits per heavy atom. The Labute approximate surface area is 257 Å². The fourth-order valence-corrected chi connectivity index (χ4v) is 6.70. The van der Waals surface area contributed by atoms with Gasteiger partial charge in [-0.25, -0.2) is 38.1 Å². The number of hydrogen-bond acceptors (Lipinski definition) is 8. The summed E-state index contributed by atoms with van der Waals surface area (Å²) in [4.78, 5) is 41.6. The third kappa shape index (κ3) is 5.51. The van der Waals surface area contributed by atoms with Gasteiger partial charge in [-0.15, -0.1) is 0 Å². The molecule has 11 nitrogen and oxygen atoms in total. The molecule has 45 heavy (non-hydrogen) atoms. The van der Waals surface area contributed by atoms with Crippen LogP contribution in [0.2, 0.25) is 0 Å². The number of sulfone groups is 1. The minimum atomic E-state index is -3.92. The van der Waals surface area contributed by atoms with Crippen LogP contribution in [0.1, 0.15) is 12.5 Å². The number of phenolic OH excluding ortho intramolecular Hbond substituents is 1. The van der Waals surface area contributed by atoms with E-state index in [0.717, 1.165) is 35.1 Å². The molecule has 0 bridgehead atoms. The maximum absolute atomic E-state index is 16.0. The molecule has 14 heteroatoms. The number of phenols is 1. The molecule has 1 saturated heterocycles. The van der Waals surface area contributed by atoms with Gasteiger partial charge in [0.2, 0.25) is 12.5 Å². The predicted octanol–water partition coefficient (Wildman–Crippen LogP) is 3.65. The van der Waals surface area contributed by atoms with E-state index >= 15 is 4.39 Å². The lowest BCUT2D eigenvalue weighted by atomic mass is 10.0. The number of piperazine rings is 1. The summed E-state index contributed by atoms with van der Waals surface area (Å²) in [7, 11) is -3.92. The number of aromatic hydroxyl groups is 1. The number of nitrogens with zero attached hydrogens (tertiary/aromatic N) is 6. The molecule has 2 atom stereocenters. The van der Waals surface area contributed by atoms with E-state index in [1.165, 1.54) is 23.1 Å². The van der Waals surface area contributed by atoms with Crippen molar-refractivity contribution in [2.24, 2.45) is 0 Å². The van der Waals surface area contributed by atoms with E-state index in [0.29, 0.717) is 5.56 Å². The number of anilines is 1. The summed E-state index contributed by atoms with van der Waals surface area (Å²) in [5.74, 6) is -3.04. The smallest absolute Gasteiger partial charge is 0.355 e. The SMILES string of the molecule is [C-]#[N+]C[C@H]1CN(C(=O)C=C)C[C@H](C)N1c1nc(=O)n(-c2c(C)cccc2S(C)(=O)=O)c2nc(-c3c(O)cccc3F)c(F)cc12. The second-order valence-electron chi connectivity index (χ2n) is 10.8. The number of carbonyl (C=O) groups excluding carboxylic acids is 1. The van der Waals surface area contributed by atoms with Crippen molar-refractivity contribution in [1.29, 1.82) is 0 Å². The number of para-hydroxylation sites is 1. The lowest BCUT2D eigenvalue weighted by Crippen LogP contribution is -2.60. The van der Waals surface area contributed by atoms with E-state index in [1.54, 1.807) is 24.8 Å². The zero-order chi connectivity index (χ0) is 32.8. The quantitative estimate of drug-likeness (QED) is 0.251. The lowest BCUT2D eigenvalue weighted by molar-refractivity contribution is -0.127. The van der Waals surface area contributed by atoms with Gasteiger partial charge in [-0.1, -0.05) is 24.8 Å². The minimum absolute atomic E-state index is 0.0419. The number of pyridine rings is 1. The van der Waals surface area contributed by atoms with Crippen LogP contribution in [-0.2, 0) is 14.6 Å². The molecule has 1 aliphatic rings. The molecule has 0 saturated carbocycles. The number of carbonyl (C=O) groups is 1. The molecule has 0 aliphatic carbocycles. The molecular formula is C31H28F2N6O5S. The predicted molar refractivity (Wildman–Crippen MR) is 164 cm³/mol. The molecule has 1 amide bonds. The second-order valence-corrected chi connectivity index (χ2v) is 12.8. The molecule has 2 aromatic heterocycles. The third-order valence-electron chi connectivity index (χ3n) is 7.67. The van der Waals surface area contributed by atoms with Gasteiger partial charge in [-0.2, -0.15) is 4.98 Å². The Kier molecular flexibility index (Phi) is 8.15. The number of aromatic nitrogens is 3. The van der Waals surface area contributed by atoms with Crippen LogP contribution < -0.4 is 10.6 Å². The first kappa shape index (κ1) is 31.3. The van der Waals surface area contributed by atoms with Gasteiger partial charge in [0.15, 0.2) is 21.3 Å². The van der Waals surface area contributed by atoms with Gasteiger partial charge in [0.05, 0.1) is 21.5 Å². The standard InChI is InChI=1S/C31H28F2N6O5S/c1-6-25(41)37-15-18(3)38(19(16-37)14-34-4)30-20-13-22(33)27(26-21(32)10-8-11-23(26)40)35-29(20)39(31(42)36-30)28-17(2)9-7-12-24(28)45(5,43)44/h6-13,18-19,40H,1,14-16H2,2-3,5H3/t18-,19-/m0/s1. The first-order valence-electron chi connectivity index (χ1n) is 13.7.